The molecule has 0 spiro atoms. The highest BCUT2D eigenvalue weighted by Crippen LogP contribution is 2.33. The molecular weight excluding hydrogens is 857 g/mol. The molecule has 2 amide bonds. The van der Waals surface area contributed by atoms with E-state index in [1.54, 1.807) is 23.5 Å². The van der Waals surface area contributed by atoms with Crippen molar-refractivity contribution in [3.05, 3.63) is 0 Å². The number of amides is 2. The van der Waals surface area contributed by atoms with Crippen LogP contribution in [0.15, 0.2) is 0 Å². The van der Waals surface area contributed by atoms with E-state index < -0.39 is 42.8 Å². The number of thioether (sulfide) groups is 4. The third kappa shape index (κ3) is 30.3. The van der Waals surface area contributed by atoms with Gasteiger partial charge in [-0.15, -0.1) is 23.5 Å². The Morgan fingerprint density at radius 1 is 0.574 bits per heavy atom. The largest absolute Gasteiger partial charge is 0.455 e. The Labute approximate surface area is 364 Å². The van der Waals surface area contributed by atoms with Crippen LogP contribution in [0, 0.1) is 0 Å². The molecule has 0 aliphatic rings. The lowest BCUT2D eigenvalue weighted by Gasteiger charge is -2.34. The standard InChI is InChI=1S/C26H52N2O3S6Si2.C10H28N2OSi2/c1-11-17-34-23(32)36-25(3,4)21(29)27-15-13-19-38(7,8)31-39(9,10)20-14-16-28-22(30)26(5,6)37-24(33)35-18-12-2;1-14(2,9-5-7-11)13-15(3,4)10-6-8-12/h11-20H2,1-10H3,(H,27,29)(H,28,30);5-12H2,1-4H3. The lowest BCUT2D eigenvalue weighted by Crippen LogP contribution is -2.46. The van der Waals surface area contributed by atoms with Gasteiger partial charge in [0.25, 0.3) is 0 Å². The second-order valence-corrected chi connectivity index (χ2v) is 42.7. The molecule has 8 nitrogen and oxygen atoms in total. The van der Waals surface area contributed by atoms with Crippen LogP contribution in [0.1, 0.15) is 80.1 Å². The van der Waals surface area contributed by atoms with E-state index in [9.17, 15) is 9.59 Å². The summed E-state index contributed by atoms with van der Waals surface area (Å²) in [7, 11) is -6.67. The molecule has 0 bridgehead atoms. The van der Waals surface area contributed by atoms with Crippen molar-refractivity contribution >= 4 is 124 Å². The number of rotatable bonds is 26. The molecule has 0 unspecified atom stereocenters. The molecule has 0 aromatic heterocycles. The number of carbonyl (C=O) groups excluding carboxylic acids is 2. The van der Waals surface area contributed by atoms with Crippen LogP contribution in [0.5, 0.6) is 0 Å². The minimum Gasteiger partial charge on any atom is -0.455 e. The molecule has 320 valence electrons. The van der Waals surface area contributed by atoms with Crippen LogP contribution in [-0.2, 0) is 17.8 Å². The van der Waals surface area contributed by atoms with E-state index in [0.717, 1.165) is 82.3 Å². The third-order valence-corrected chi connectivity index (χ3v) is 29.1. The van der Waals surface area contributed by atoms with Gasteiger partial charge < -0.3 is 30.3 Å². The van der Waals surface area contributed by atoms with Crippen LogP contribution in [0.25, 0.3) is 0 Å². The Morgan fingerprint density at radius 3 is 1.11 bits per heavy atom. The molecule has 0 saturated heterocycles. The van der Waals surface area contributed by atoms with E-state index in [2.05, 4.69) is 76.9 Å². The zero-order valence-corrected chi connectivity index (χ0v) is 45.4. The fourth-order valence-corrected chi connectivity index (χ4v) is 29.2. The first-order valence-corrected chi connectivity index (χ1v) is 36.7. The molecule has 0 radical (unpaired) electrons. The molecule has 18 heteroatoms. The number of nitrogens with one attached hydrogen (secondary N) is 2. The zero-order valence-electron chi connectivity index (χ0n) is 36.6. The van der Waals surface area contributed by atoms with E-state index in [4.69, 9.17) is 44.1 Å². The Bertz CT molecular complexity index is 1040. The van der Waals surface area contributed by atoms with Crippen LogP contribution >= 0.6 is 71.5 Å². The smallest absolute Gasteiger partial charge is 0.236 e. The van der Waals surface area contributed by atoms with Gasteiger partial charge in [0.05, 0.1) is 9.49 Å². The molecule has 0 aliphatic heterocycles. The third-order valence-electron chi connectivity index (χ3n) is 8.17. The first-order valence-electron chi connectivity index (χ1n) is 19.8. The van der Waals surface area contributed by atoms with Gasteiger partial charge in [0.15, 0.2) is 33.3 Å². The fraction of sp³-hybridized carbons (Fsp3) is 0.889. The van der Waals surface area contributed by atoms with Gasteiger partial charge in [0.2, 0.25) is 11.8 Å². The highest BCUT2D eigenvalue weighted by atomic mass is 32.2. The highest BCUT2D eigenvalue weighted by Gasteiger charge is 2.35. The van der Waals surface area contributed by atoms with E-state index in [0.29, 0.717) is 13.1 Å². The Morgan fingerprint density at radius 2 is 0.852 bits per heavy atom. The summed E-state index contributed by atoms with van der Waals surface area (Å²) in [6.45, 7) is 33.2. The summed E-state index contributed by atoms with van der Waals surface area (Å²) in [6.07, 6.45) is 6.16. The monoisotopic (exact) mass is 936 g/mol. The minimum atomic E-state index is -1.87. The predicted octanol–water partition coefficient (Wildman–Crippen LogP) is 10.4. The van der Waals surface area contributed by atoms with Crippen LogP contribution in [0.3, 0.4) is 0 Å². The van der Waals surface area contributed by atoms with Gasteiger partial charge in [-0.2, -0.15) is 0 Å². The van der Waals surface area contributed by atoms with Crippen molar-refractivity contribution in [3.8, 4) is 0 Å². The lowest BCUT2D eigenvalue weighted by atomic mass is 10.2. The number of hydrogen-bond acceptors (Lipinski definition) is 12. The highest BCUT2D eigenvalue weighted by molar-refractivity contribution is 8.48. The number of nitrogens with two attached hydrogens (primary N) is 2. The Balaban J connectivity index is 0. The summed E-state index contributed by atoms with van der Waals surface area (Å²) in [5.74, 6) is 2.05. The molecule has 0 aliphatic carbocycles. The molecule has 0 fully saturated rings. The fourth-order valence-electron chi connectivity index (χ4n) is 5.55. The Kier molecular flexibility index (Phi) is 30.4. The quantitative estimate of drug-likeness (QED) is 0.0374. The van der Waals surface area contributed by atoms with E-state index >= 15 is 0 Å². The van der Waals surface area contributed by atoms with Crippen LogP contribution in [0.4, 0.5) is 0 Å². The zero-order chi connectivity index (χ0) is 42.3. The topological polar surface area (TPSA) is 129 Å². The summed E-state index contributed by atoms with van der Waals surface area (Å²) in [5.41, 5.74) is 11.1. The first kappa shape index (κ1) is 57.3. The molecule has 0 saturated carbocycles. The van der Waals surface area contributed by atoms with Crippen LogP contribution < -0.4 is 22.1 Å². The minimum absolute atomic E-state index is 0.0344. The van der Waals surface area contributed by atoms with Crippen LogP contribution in [-0.4, -0.2) is 99.3 Å². The van der Waals surface area contributed by atoms with Crippen molar-refractivity contribution in [2.24, 2.45) is 11.5 Å². The molecule has 0 rings (SSSR count). The summed E-state index contributed by atoms with van der Waals surface area (Å²) < 4.78 is 13.7. The average molecular weight is 938 g/mol. The van der Waals surface area contributed by atoms with Crippen molar-refractivity contribution in [1.29, 1.82) is 0 Å². The van der Waals surface area contributed by atoms with Crippen molar-refractivity contribution < 1.29 is 17.8 Å². The molecular formula is C36H80N4O4S6Si4. The number of hydrogen-bond donors (Lipinski definition) is 4. The summed E-state index contributed by atoms with van der Waals surface area (Å²) in [4.78, 5) is 25.5. The molecule has 0 atom stereocenters. The van der Waals surface area contributed by atoms with Gasteiger partial charge in [-0.3, -0.25) is 9.59 Å². The maximum atomic E-state index is 12.7. The summed E-state index contributed by atoms with van der Waals surface area (Å²) in [5, 5.41) is 6.21. The van der Waals surface area contributed by atoms with E-state index in [1.807, 2.05) is 27.7 Å². The first-order chi connectivity index (χ1) is 24.7. The maximum absolute atomic E-state index is 12.7. The molecule has 0 heterocycles. The van der Waals surface area contributed by atoms with Gasteiger partial charge in [-0.25, -0.2) is 0 Å². The number of carbonyl (C=O) groups is 2. The second kappa shape index (κ2) is 28.7. The molecule has 6 N–H and O–H groups in total. The van der Waals surface area contributed by atoms with Crippen molar-refractivity contribution in [2.75, 3.05) is 37.7 Å². The SMILES string of the molecule is CCCSC(=S)SC(C)(C)C(=O)NCCC[Si](C)(C)O[Si](C)(C)CCCNC(=O)C(C)(C)SC(=S)SCCC.C[Si](C)(CCCN)O[Si](C)(C)CCCN. The van der Waals surface area contributed by atoms with E-state index in [-0.39, 0.29) is 11.8 Å². The van der Waals surface area contributed by atoms with E-state index in [1.165, 1.54) is 35.6 Å². The number of thiocarbonyl (C=S) groups is 2. The molecule has 0 aromatic rings. The Hall–Kier alpha value is 1.23. The van der Waals surface area contributed by atoms with Crippen LogP contribution in [0.2, 0.25) is 76.6 Å². The lowest BCUT2D eigenvalue weighted by molar-refractivity contribution is -0.123. The van der Waals surface area contributed by atoms with Gasteiger partial charge in [-0.05, 0) is 167 Å². The normalized spacial score (nSPS) is 12.9. The molecule has 54 heavy (non-hydrogen) atoms. The molecule has 0 aromatic carbocycles. The van der Waals surface area contributed by atoms with Gasteiger partial charge in [0.1, 0.15) is 7.06 Å². The van der Waals surface area contributed by atoms with Crippen molar-refractivity contribution in [2.45, 2.75) is 166 Å². The van der Waals surface area contributed by atoms with Gasteiger partial charge in [0, 0.05) is 13.1 Å². The van der Waals surface area contributed by atoms with Crippen molar-refractivity contribution in [1.82, 2.24) is 10.6 Å². The second-order valence-electron chi connectivity index (χ2n) is 17.2. The van der Waals surface area contributed by atoms with Gasteiger partial charge >= 0.3 is 0 Å². The summed E-state index contributed by atoms with van der Waals surface area (Å²) >= 11 is 17.1. The summed E-state index contributed by atoms with van der Waals surface area (Å²) in [6, 6.07) is 4.37. The predicted molar refractivity (Wildman–Crippen MR) is 268 cm³/mol. The average Bonchev–Trinajstić information content (AvgIpc) is 3.03. The van der Waals surface area contributed by atoms with Gasteiger partial charge in [-0.1, -0.05) is 61.8 Å². The van der Waals surface area contributed by atoms with Crippen molar-refractivity contribution in [3.63, 3.8) is 0 Å². The maximum Gasteiger partial charge on any atom is 0.236 e.